The molecule has 0 aromatic heterocycles. The Labute approximate surface area is 120 Å². The highest BCUT2D eigenvalue weighted by atomic mass is 16.5. The molecule has 0 saturated heterocycles. The number of carbonyl (C=O) groups is 1. The molecule has 0 heterocycles. The molecular weight excluding hydrogens is 252 g/mol. The molecule has 1 fully saturated rings. The summed E-state index contributed by atoms with van der Waals surface area (Å²) in [7, 11) is 0. The van der Waals surface area contributed by atoms with Gasteiger partial charge >= 0.3 is 0 Å². The Morgan fingerprint density at radius 1 is 1.50 bits per heavy atom. The molecule has 1 aromatic rings. The minimum absolute atomic E-state index is 0.0533. The first kappa shape index (κ1) is 14.7. The quantitative estimate of drug-likeness (QED) is 0.831. The van der Waals surface area contributed by atoms with Gasteiger partial charge in [0.1, 0.15) is 5.75 Å². The van der Waals surface area contributed by atoms with E-state index in [1.165, 1.54) is 0 Å². The van der Waals surface area contributed by atoms with Gasteiger partial charge in [-0.2, -0.15) is 0 Å². The number of nitrogen functional groups attached to an aromatic ring is 1. The maximum absolute atomic E-state index is 12.2. The van der Waals surface area contributed by atoms with E-state index >= 15 is 0 Å². The third kappa shape index (κ3) is 3.44. The van der Waals surface area contributed by atoms with Crippen LogP contribution in [0.2, 0.25) is 0 Å². The van der Waals surface area contributed by atoms with Crippen LogP contribution in [0, 0.1) is 5.41 Å². The normalized spacial score (nSPS) is 20.6. The number of carbonyl (C=O) groups excluding carboxylic acids is 1. The van der Waals surface area contributed by atoms with Crippen LogP contribution in [0.25, 0.3) is 0 Å². The second-order valence-corrected chi connectivity index (χ2v) is 6.26. The Bertz CT molecular complexity index is 497. The Hall–Kier alpha value is -1.71. The fourth-order valence-corrected chi connectivity index (χ4v) is 2.80. The number of hydrogen-bond acceptors (Lipinski definition) is 3. The van der Waals surface area contributed by atoms with Crippen LogP contribution in [0.5, 0.6) is 5.75 Å². The zero-order chi connectivity index (χ0) is 14.8. The molecule has 1 amide bonds. The van der Waals surface area contributed by atoms with E-state index in [1.807, 2.05) is 6.92 Å². The topological polar surface area (TPSA) is 64.3 Å². The first-order valence-electron chi connectivity index (χ1n) is 7.24. The van der Waals surface area contributed by atoms with Crippen LogP contribution in [0.15, 0.2) is 18.2 Å². The number of ether oxygens (including phenoxy) is 1. The number of nitrogens with two attached hydrogens (primary N) is 1. The van der Waals surface area contributed by atoms with Crippen molar-refractivity contribution in [1.29, 1.82) is 0 Å². The third-order valence-corrected chi connectivity index (χ3v) is 3.88. The summed E-state index contributed by atoms with van der Waals surface area (Å²) in [5.41, 5.74) is 7.32. The van der Waals surface area contributed by atoms with Crippen molar-refractivity contribution in [3.8, 4) is 5.75 Å². The molecule has 4 nitrogen and oxygen atoms in total. The third-order valence-electron chi connectivity index (χ3n) is 3.88. The Balaban J connectivity index is 2.01. The molecule has 0 radical (unpaired) electrons. The predicted octanol–water partition coefficient (Wildman–Crippen LogP) is 2.98. The first-order chi connectivity index (χ1) is 9.41. The molecule has 0 spiro atoms. The van der Waals surface area contributed by atoms with E-state index in [0.717, 1.165) is 19.3 Å². The molecule has 1 aromatic carbocycles. The molecule has 1 saturated carbocycles. The lowest BCUT2D eigenvalue weighted by atomic mass is 9.92. The summed E-state index contributed by atoms with van der Waals surface area (Å²) in [5.74, 6) is 0.577. The summed E-state index contributed by atoms with van der Waals surface area (Å²) >= 11 is 0. The fraction of sp³-hybridized carbons (Fsp3) is 0.562. The van der Waals surface area contributed by atoms with E-state index in [0.29, 0.717) is 29.0 Å². The number of anilines is 1. The SMILES string of the molecule is CCOc1ccc(C(=O)NC2CCC(C)(C)C2)cc1N. The summed E-state index contributed by atoms with van der Waals surface area (Å²) in [6.07, 6.45) is 3.24. The molecule has 20 heavy (non-hydrogen) atoms. The molecule has 1 aliphatic carbocycles. The number of rotatable bonds is 4. The average Bonchev–Trinajstić information content (AvgIpc) is 2.71. The minimum atomic E-state index is -0.0533. The van der Waals surface area contributed by atoms with Crippen molar-refractivity contribution < 1.29 is 9.53 Å². The Kier molecular flexibility index (Phi) is 4.21. The van der Waals surface area contributed by atoms with E-state index in [1.54, 1.807) is 18.2 Å². The smallest absolute Gasteiger partial charge is 0.251 e. The molecule has 4 heteroatoms. The highest BCUT2D eigenvalue weighted by Crippen LogP contribution is 2.37. The van der Waals surface area contributed by atoms with E-state index in [-0.39, 0.29) is 11.9 Å². The highest BCUT2D eigenvalue weighted by Gasteiger charge is 2.31. The van der Waals surface area contributed by atoms with Crippen LogP contribution >= 0.6 is 0 Å². The van der Waals surface area contributed by atoms with Crippen LogP contribution in [-0.4, -0.2) is 18.6 Å². The minimum Gasteiger partial charge on any atom is -0.492 e. The fourth-order valence-electron chi connectivity index (χ4n) is 2.80. The first-order valence-corrected chi connectivity index (χ1v) is 7.24. The van der Waals surface area contributed by atoms with Gasteiger partial charge < -0.3 is 15.8 Å². The molecule has 1 unspecified atom stereocenters. The maximum Gasteiger partial charge on any atom is 0.251 e. The zero-order valence-corrected chi connectivity index (χ0v) is 12.5. The van der Waals surface area contributed by atoms with E-state index in [9.17, 15) is 4.79 Å². The maximum atomic E-state index is 12.2. The summed E-state index contributed by atoms with van der Waals surface area (Å²) < 4.78 is 5.38. The molecule has 1 aliphatic rings. The lowest BCUT2D eigenvalue weighted by Crippen LogP contribution is -2.33. The molecule has 1 atom stereocenters. The van der Waals surface area contributed by atoms with Crippen molar-refractivity contribution in [1.82, 2.24) is 5.32 Å². The van der Waals surface area contributed by atoms with Gasteiger partial charge in [0.2, 0.25) is 0 Å². The largest absolute Gasteiger partial charge is 0.492 e. The highest BCUT2D eigenvalue weighted by molar-refractivity contribution is 5.95. The number of amides is 1. The van der Waals surface area contributed by atoms with Crippen LogP contribution in [0.4, 0.5) is 5.69 Å². The van der Waals surface area contributed by atoms with Crippen molar-refractivity contribution in [2.24, 2.45) is 5.41 Å². The van der Waals surface area contributed by atoms with E-state index < -0.39 is 0 Å². The van der Waals surface area contributed by atoms with Gasteiger partial charge in [0.25, 0.3) is 5.91 Å². The van der Waals surface area contributed by atoms with Gasteiger partial charge in [0.15, 0.2) is 0 Å². The van der Waals surface area contributed by atoms with Gasteiger partial charge in [0, 0.05) is 11.6 Å². The van der Waals surface area contributed by atoms with E-state index in [4.69, 9.17) is 10.5 Å². The lowest BCUT2D eigenvalue weighted by Gasteiger charge is -2.18. The summed E-state index contributed by atoms with van der Waals surface area (Å²) in [4.78, 5) is 12.2. The van der Waals surface area contributed by atoms with Gasteiger partial charge in [0.05, 0.1) is 12.3 Å². The van der Waals surface area contributed by atoms with Crippen molar-refractivity contribution >= 4 is 11.6 Å². The summed E-state index contributed by atoms with van der Waals surface area (Å²) in [5, 5.41) is 3.09. The average molecular weight is 276 g/mol. The lowest BCUT2D eigenvalue weighted by molar-refractivity contribution is 0.0936. The molecule has 0 bridgehead atoms. The monoisotopic (exact) mass is 276 g/mol. The van der Waals surface area contributed by atoms with Gasteiger partial charge in [-0.15, -0.1) is 0 Å². The van der Waals surface area contributed by atoms with Gasteiger partial charge in [-0.1, -0.05) is 13.8 Å². The van der Waals surface area contributed by atoms with Crippen molar-refractivity contribution in [3.63, 3.8) is 0 Å². The van der Waals surface area contributed by atoms with Crippen molar-refractivity contribution in [2.75, 3.05) is 12.3 Å². The van der Waals surface area contributed by atoms with Crippen LogP contribution in [0.1, 0.15) is 50.4 Å². The van der Waals surface area contributed by atoms with E-state index in [2.05, 4.69) is 19.2 Å². The zero-order valence-electron chi connectivity index (χ0n) is 12.5. The second kappa shape index (κ2) is 5.73. The number of benzene rings is 1. The molecule has 110 valence electrons. The van der Waals surface area contributed by atoms with Gasteiger partial charge in [-0.05, 0) is 49.8 Å². The van der Waals surface area contributed by atoms with Crippen LogP contribution < -0.4 is 15.8 Å². The predicted molar refractivity (Wildman–Crippen MR) is 80.9 cm³/mol. The molecular formula is C16H24N2O2. The van der Waals surface area contributed by atoms with Crippen LogP contribution in [0.3, 0.4) is 0 Å². The second-order valence-electron chi connectivity index (χ2n) is 6.26. The van der Waals surface area contributed by atoms with Crippen LogP contribution in [-0.2, 0) is 0 Å². The number of hydrogen-bond donors (Lipinski definition) is 2. The summed E-state index contributed by atoms with van der Waals surface area (Å²) in [6, 6.07) is 5.47. The Morgan fingerprint density at radius 2 is 2.25 bits per heavy atom. The summed E-state index contributed by atoms with van der Waals surface area (Å²) in [6.45, 7) is 6.96. The molecule has 3 N–H and O–H groups in total. The molecule has 2 rings (SSSR count). The van der Waals surface area contributed by atoms with Crippen molar-refractivity contribution in [2.45, 2.75) is 46.1 Å². The van der Waals surface area contributed by atoms with Gasteiger partial charge in [-0.25, -0.2) is 0 Å². The standard InChI is InChI=1S/C16H24N2O2/c1-4-20-14-6-5-11(9-13(14)17)15(19)18-12-7-8-16(2,3)10-12/h5-6,9,12H,4,7-8,10,17H2,1-3H3,(H,18,19). The molecule has 0 aliphatic heterocycles. The van der Waals surface area contributed by atoms with Crippen molar-refractivity contribution in [3.05, 3.63) is 23.8 Å². The number of nitrogens with one attached hydrogen (secondary N) is 1. The van der Waals surface area contributed by atoms with Gasteiger partial charge in [-0.3, -0.25) is 4.79 Å². The Morgan fingerprint density at radius 3 is 2.80 bits per heavy atom.